The number of nitrogens with zero attached hydrogens (tertiary/aromatic N) is 3. The monoisotopic (exact) mass is 97.1 g/mol. The number of hydrogen-bond acceptors (Lipinski definition) is 2. The van der Waals surface area contributed by atoms with Gasteiger partial charge in [-0.05, 0) is 0 Å². The summed E-state index contributed by atoms with van der Waals surface area (Å²) in [6.07, 6.45) is 2.92. The highest BCUT2D eigenvalue weighted by Crippen LogP contribution is 1.71. The molecule has 1 aromatic rings. The van der Waals surface area contributed by atoms with E-state index in [0.717, 1.165) is 0 Å². The molecule has 0 aliphatic heterocycles. The smallest absolute Gasteiger partial charge is 0.137 e. The van der Waals surface area contributed by atoms with E-state index in [1.54, 1.807) is 0 Å². The highest BCUT2D eigenvalue weighted by molar-refractivity contribution is 4.52. The third-order valence-corrected chi connectivity index (χ3v) is 0.629. The summed E-state index contributed by atoms with van der Waals surface area (Å²) in [6, 6.07) is 0. The van der Waals surface area contributed by atoms with Gasteiger partial charge in [-0.15, -0.1) is 0 Å². The Labute approximate surface area is 41.0 Å². The Morgan fingerprint density at radius 2 is 2.57 bits per heavy atom. The number of aromatic nitrogens is 3. The molecule has 1 aromatic heterocycles. The Bertz CT molecular complexity index is 121. The average Bonchev–Trinajstić information content (AvgIpc) is 2.14. The second-order valence-corrected chi connectivity index (χ2v) is 1.09. The van der Waals surface area contributed by atoms with Crippen LogP contribution in [0.3, 0.4) is 0 Å². The normalized spacial score (nSPS) is 9.29. The Morgan fingerprint density at radius 3 is 2.86 bits per heavy atom. The lowest BCUT2D eigenvalue weighted by Gasteiger charge is -1.84. The molecule has 0 saturated carbocycles. The molecule has 0 aliphatic rings. The molecule has 1 heterocycles. The van der Waals surface area contributed by atoms with E-state index >= 15 is 0 Å². The third-order valence-electron chi connectivity index (χ3n) is 0.629. The van der Waals surface area contributed by atoms with E-state index in [0.29, 0.717) is 0 Å². The van der Waals surface area contributed by atoms with Crippen molar-refractivity contribution in [2.75, 3.05) is 0 Å². The summed E-state index contributed by atoms with van der Waals surface area (Å²) in [4.78, 5) is 3.62. The first-order valence-electron chi connectivity index (χ1n) is 1.90. The van der Waals surface area contributed by atoms with Gasteiger partial charge in [0, 0.05) is 0 Å². The van der Waals surface area contributed by atoms with E-state index in [1.165, 1.54) is 17.3 Å². The first-order valence-corrected chi connectivity index (χ1v) is 1.90. The van der Waals surface area contributed by atoms with Crippen molar-refractivity contribution in [2.45, 2.75) is 6.67 Å². The van der Waals surface area contributed by atoms with Gasteiger partial charge in [0.05, 0.1) is 0 Å². The van der Waals surface area contributed by atoms with Crippen LogP contribution in [-0.4, -0.2) is 14.8 Å². The molecule has 0 aromatic carbocycles. The number of hydrogen-bond donors (Lipinski definition) is 0. The van der Waals surface area contributed by atoms with Gasteiger partial charge in [0.2, 0.25) is 0 Å². The van der Waals surface area contributed by atoms with Crippen molar-refractivity contribution in [1.82, 2.24) is 20.5 Å². The van der Waals surface area contributed by atoms with Crippen molar-refractivity contribution in [2.24, 2.45) is 0 Å². The van der Waals surface area contributed by atoms with Crippen molar-refractivity contribution in [1.29, 1.82) is 0 Å². The quantitative estimate of drug-likeness (QED) is 0.475. The van der Waals surface area contributed by atoms with Crippen LogP contribution in [0.5, 0.6) is 0 Å². The van der Waals surface area contributed by atoms with E-state index in [4.69, 9.17) is 5.73 Å². The van der Waals surface area contributed by atoms with Crippen LogP contribution in [0.4, 0.5) is 0 Å². The Balaban J connectivity index is 2.76. The lowest BCUT2D eigenvalue weighted by atomic mass is 11.1. The maximum atomic E-state index is 6.72. The van der Waals surface area contributed by atoms with E-state index in [-0.39, 0.29) is 6.67 Å². The van der Waals surface area contributed by atoms with Gasteiger partial charge in [-0.2, -0.15) is 5.10 Å². The fourth-order valence-corrected chi connectivity index (χ4v) is 0.314. The summed E-state index contributed by atoms with van der Waals surface area (Å²) >= 11 is 0. The van der Waals surface area contributed by atoms with Crippen LogP contribution in [0.2, 0.25) is 0 Å². The van der Waals surface area contributed by atoms with Crippen LogP contribution in [0.25, 0.3) is 0 Å². The van der Waals surface area contributed by atoms with E-state index in [9.17, 15) is 0 Å². The summed E-state index contributed by atoms with van der Waals surface area (Å²) in [6.45, 7) is 0.153. The lowest BCUT2D eigenvalue weighted by Crippen LogP contribution is -1.96. The molecule has 1 rings (SSSR count). The summed E-state index contributed by atoms with van der Waals surface area (Å²) in [5.41, 5.74) is 6.72. The van der Waals surface area contributed by atoms with Crippen molar-refractivity contribution in [3.05, 3.63) is 12.7 Å². The minimum Gasteiger partial charge on any atom is -0.238 e. The minimum absolute atomic E-state index is 0.153. The molecular weight excluding hydrogens is 92.1 g/mol. The Morgan fingerprint density at radius 1 is 1.71 bits per heavy atom. The molecule has 0 atom stereocenters. The van der Waals surface area contributed by atoms with Gasteiger partial charge in [-0.1, -0.05) is 0 Å². The molecule has 4 nitrogen and oxygen atoms in total. The van der Waals surface area contributed by atoms with Crippen LogP contribution in [0.15, 0.2) is 12.7 Å². The van der Waals surface area contributed by atoms with Gasteiger partial charge in [0.15, 0.2) is 0 Å². The molecule has 0 spiro atoms. The van der Waals surface area contributed by atoms with Gasteiger partial charge in [0.1, 0.15) is 19.3 Å². The van der Waals surface area contributed by atoms with Crippen molar-refractivity contribution >= 4 is 0 Å². The van der Waals surface area contributed by atoms with Crippen molar-refractivity contribution in [3.8, 4) is 0 Å². The Kier molecular flexibility index (Phi) is 1.04. The van der Waals surface area contributed by atoms with Gasteiger partial charge in [-0.3, -0.25) is 0 Å². The summed E-state index contributed by atoms with van der Waals surface area (Å²) in [5, 5.41) is 3.65. The predicted molar refractivity (Wildman–Crippen MR) is 23.1 cm³/mol. The molecule has 37 valence electrons. The first kappa shape index (κ1) is 4.26. The number of rotatable bonds is 1. The van der Waals surface area contributed by atoms with Gasteiger partial charge in [0.25, 0.3) is 0 Å². The second-order valence-electron chi connectivity index (χ2n) is 1.09. The van der Waals surface area contributed by atoms with Crippen molar-refractivity contribution < 1.29 is 0 Å². The standard InChI is InChI=1S/C3H5N4/c4-1-7-3-5-2-6-7/h2-4H,1H2. The fourth-order valence-electron chi connectivity index (χ4n) is 0.314. The van der Waals surface area contributed by atoms with E-state index in [1.807, 2.05) is 0 Å². The molecule has 0 saturated heterocycles. The molecule has 0 bridgehead atoms. The first-order chi connectivity index (χ1) is 3.43. The lowest BCUT2D eigenvalue weighted by molar-refractivity contribution is 0.622. The predicted octanol–water partition coefficient (Wildman–Crippen LogP) is -0.482. The van der Waals surface area contributed by atoms with Crippen molar-refractivity contribution in [3.63, 3.8) is 0 Å². The summed E-state index contributed by atoms with van der Waals surface area (Å²) < 4.78 is 1.43. The highest BCUT2D eigenvalue weighted by Gasteiger charge is 1.79. The SMILES string of the molecule is [NH]Cn1cncn1. The second kappa shape index (κ2) is 1.70. The summed E-state index contributed by atoms with van der Waals surface area (Å²) in [5.74, 6) is 0. The van der Waals surface area contributed by atoms with Gasteiger partial charge in [-0.25, -0.2) is 15.4 Å². The van der Waals surface area contributed by atoms with Crippen LogP contribution in [-0.2, 0) is 6.67 Å². The van der Waals surface area contributed by atoms with Crippen LogP contribution in [0, 0.1) is 0 Å². The topological polar surface area (TPSA) is 54.5 Å². The van der Waals surface area contributed by atoms with Crippen LogP contribution in [0.1, 0.15) is 0 Å². The summed E-state index contributed by atoms with van der Waals surface area (Å²) in [7, 11) is 0. The molecular formula is C3H5N4. The third kappa shape index (κ3) is 0.747. The molecule has 1 N–H and O–H groups in total. The maximum Gasteiger partial charge on any atom is 0.137 e. The van der Waals surface area contributed by atoms with Gasteiger partial charge >= 0.3 is 0 Å². The highest BCUT2D eigenvalue weighted by atomic mass is 15.3. The van der Waals surface area contributed by atoms with E-state index in [2.05, 4.69) is 10.1 Å². The molecule has 0 aliphatic carbocycles. The van der Waals surface area contributed by atoms with E-state index < -0.39 is 0 Å². The van der Waals surface area contributed by atoms with Crippen LogP contribution >= 0.6 is 0 Å². The van der Waals surface area contributed by atoms with Gasteiger partial charge < -0.3 is 0 Å². The molecule has 0 unspecified atom stereocenters. The number of nitrogens with one attached hydrogen (secondary N) is 1. The fraction of sp³-hybridized carbons (Fsp3) is 0.333. The Hall–Kier alpha value is -0.900. The zero-order valence-corrected chi connectivity index (χ0v) is 3.70. The van der Waals surface area contributed by atoms with Crippen LogP contribution < -0.4 is 5.73 Å². The largest absolute Gasteiger partial charge is 0.238 e. The zero-order valence-electron chi connectivity index (χ0n) is 3.70. The maximum absolute atomic E-state index is 6.72. The zero-order chi connectivity index (χ0) is 5.11. The minimum atomic E-state index is 0.153. The molecule has 4 heteroatoms. The molecule has 0 fully saturated rings. The molecule has 0 amide bonds. The average molecular weight is 97.1 g/mol. The molecule has 1 radical (unpaired) electrons. The molecule has 7 heavy (non-hydrogen) atoms.